The van der Waals surface area contributed by atoms with Crippen LogP contribution < -0.4 is 10.6 Å². The first kappa shape index (κ1) is 40.2. The molecule has 2 saturated heterocycles. The lowest BCUT2D eigenvalue weighted by atomic mass is 9.84. The van der Waals surface area contributed by atoms with Gasteiger partial charge in [0.25, 0.3) is 0 Å². The number of nitrogens with one attached hydrogen (secondary N) is 2. The van der Waals surface area contributed by atoms with Gasteiger partial charge < -0.3 is 30.6 Å². The van der Waals surface area contributed by atoms with Crippen LogP contribution in [0.2, 0.25) is 0 Å². The van der Waals surface area contributed by atoms with E-state index in [2.05, 4.69) is 29.4 Å². The lowest BCUT2D eigenvalue weighted by molar-refractivity contribution is -0.142. The SMILES string of the molecule is CC(=C[C@H](C(C)C)N(C)C(=O)[C@@H](NC(=O)C1CCCCN1C(C)C)C(C)(C)C)C(=O)N1CCC[C@H]1C(=O)N[C@H](CO)[C@@H](O)c1ccccc1. The number of carbonyl (C=O) groups is 4. The van der Waals surface area contributed by atoms with Crippen LogP contribution >= 0.6 is 0 Å². The number of nitrogens with zero attached hydrogens (tertiary/aromatic N) is 3. The van der Waals surface area contributed by atoms with E-state index in [-0.39, 0.29) is 35.7 Å². The number of hydrogen-bond acceptors (Lipinski definition) is 7. The van der Waals surface area contributed by atoms with Gasteiger partial charge in [-0.2, -0.15) is 0 Å². The predicted octanol–water partition coefficient (Wildman–Crippen LogP) is 3.41. The highest BCUT2D eigenvalue weighted by Crippen LogP contribution is 2.27. The van der Waals surface area contributed by atoms with Crippen molar-refractivity contribution in [2.24, 2.45) is 11.3 Å². The van der Waals surface area contributed by atoms with Crippen LogP contribution in [0.25, 0.3) is 0 Å². The van der Waals surface area contributed by atoms with E-state index in [9.17, 15) is 29.4 Å². The van der Waals surface area contributed by atoms with Gasteiger partial charge in [0.1, 0.15) is 18.2 Å². The van der Waals surface area contributed by atoms with Gasteiger partial charge in [-0.15, -0.1) is 0 Å². The molecule has 1 unspecified atom stereocenters. The van der Waals surface area contributed by atoms with Gasteiger partial charge in [-0.1, -0.05) is 77.4 Å². The van der Waals surface area contributed by atoms with Crippen molar-refractivity contribution in [1.82, 2.24) is 25.3 Å². The van der Waals surface area contributed by atoms with Crippen molar-refractivity contribution >= 4 is 23.6 Å². The number of piperidine rings is 1. The minimum absolute atomic E-state index is 0.0507. The van der Waals surface area contributed by atoms with Gasteiger partial charge in [-0.3, -0.25) is 24.1 Å². The normalized spacial score (nSPS) is 21.7. The quantitative estimate of drug-likeness (QED) is 0.234. The average molecular weight is 684 g/mol. The van der Waals surface area contributed by atoms with Crippen LogP contribution in [0, 0.1) is 11.3 Å². The van der Waals surface area contributed by atoms with Crippen molar-refractivity contribution in [1.29, 1.82) is 0 Å². The Morgan fingerprint density at radius 2 is 1.55 bits per heavy atom. The minimum Gasteiger partial charge on any atom is -0.394 e. The first-order valence-corrected chi connectivity index (χ1v) is 18.0. The number of likely N-dealkylation sites (N-methyl/N-ethyl adjacent to an activating group) is 1. The first-order chi connectivity index (χ1) is 23.0. The van der Waals surface area contributed by atoms with Gasteiger partial charge in [0.05, 0.1) is 24.7 Å². The second-order valence-corrected chi connectivity index (χ2v) is 15.5. The zero-order chi connectivity index (χ0) is 36.6. The fraction of sp³-hybridized carbons (Fsp3) is 0.684. The summed E-state index contributed by atoms with van der Waals surface area (Å²) in [6.45, 7) is 16.5. The second kappa shape index (κ2) is 17.6. The standard InChI is InChI=1S/C38H61N5O6/c1-24(2)31(41(9)37(49)33(38(6,7)8)40-35(47)29-18-13-14-20-42(29)25(3)4)22-26(5)36(48)43-21-15-19-30(43)34(46)39-28(23-44)32(45)27-16-11-10-12-17-27/h10-12,16-17,22,24-25,28-33,44-45H,13-15,18-21,23H2,1-9H3,(H,39,46)(H,40,47)/t28-,29?,30+,31-,32+,33-/m1/s1. The van der Waals surface area contributed by atoms with E-state index >= 15 is 0 Å². The van der Waals surface area contributed by atoms with Crippen LogP contribution in [0.3, 0.4) is 0 Å². The van der Waals surface area contributed by atoms with Gasteiger partial charge in [0.2, 0.25) is 23.6 Å². The smallest absolute Gasteiger partial charge is 0.249 e. The lowest BCUT2D eigenvalue weighted by Crippen LogP contribution is -2.60. The number of rotatable bonds is 13. The number of carbonyl (C=O) groups excluding carboxylic acids is 4. The van der Waals surface area contributed by atoms with Crippen molar-refractivity contribution < 1.29 is 29.4 Å². The summed E-state index contributed by atoms with van der Waals surface area (Å²) in [6, 6.07) is 5.83. The van der Waals surface area contributed by atoms with E-state index in [1.165, 1.54) is 4.90 Å². The highest BCUT2D eigenvalue weighted by atomic mass is 16.3. The third-order valence-electron chi connectivity index (χ3n) is 10.0. The molecule has 0 aliphatic carbocycles. The zero-order valence-corrected chi connectivity index (χ0v) is 31.1. The van der Waals surface area contributed by atoms with E-state index < -0.39 is 48.2 Å². The maximum absolute atomic E-state index is 14.2. The maximum atomic E-state index is 14.2. The number of hydrogen-bond donors (Lipinski definition) is 4. The van der Waals surface area contributed by atoms with Crippen molar-refractivity contribution in [2.45, 2.75) is 130 Å². The lowest BCUT2D eigenvalue weighted by Gasteiger charge is -2.41. The molecule has 0 bridgehead atoms. The summed E-state index contributed by atoms with van der Waals surface area (Å²) in [4.78, 5) is 60.5. The number of aliphatic hydroxyl groups excluding tert-OH is 2. The summed E-state index contributed by atoms with van der Waals surface area (Å²) < 4.78 is 0. The van der Waals surface area contributed by atoms with Gasteiger partial charge in [0, 0.05) is 25.2 Å². The van der Waals surface area contributed by atoms with Crippen molar-refractivity contribution in [3.05, 3.63) is 47.5 Å². The molecule has 0 aromatic heterocycles. The Morgan fingerprint density at radius 3 is 2.12 bits per heavy atom. The van der Waals surface area contributed by atoms with Gasteiger partial charge in [-0.25, -0.2) is 0 Å². The number of amides is 4. The molecule has 2 aliphatic heterocycles. The van der Waals surface area contributed by atoms with Gasteiger partial charge in [0.15, 0.2) is 0 Å². The summed E-state index contributed by atoms with van der Waals surface area (Å²) in [5.41, 5.74) is 0.413. The summed E-state index contributed by atoms with van der Waals surface area (Å²) in [7, 11) is 1.71. The Kier molecular flexibility index (Phi) is 14.4. The third kappa shape index (κ3) is 10.1. The predicted molar refractivity (Wildman–Crippen MR) is 191 cm³/mol. The largest absolute Gasteiger partial charge is 0.394 e. The molecular weight excluding hydrogens is 622 g/mol. The number of likely N-dealkylation sites (tertiary alicyclic amines) is 2. The number of benzene rings is 1. The highest BCUT2D eigenvalue weighted by molar-refractivity contribution is 5.97. The molecule has 4 amide bonds. The summed E-state index contributed by atoms with van der Waals surface area (Å²) in [5, 5.41) is 26.6. The minimum atomic E-state index is -1.11. The van der Waals surface area contributed by atoms with E-state index in [0.29, 0.717) is 30.5 Å². The molecule has 2 heterocycles. The molecule has 2 aliphatic rings. The monoisotopic (exact) mass is 683 g/mol. The molecule has 11 nitrogen and oxygen atoms in total. The second-order valence-electron chi connectivity index (χ2n) is 15.5. The molecule has 2 fully saturated rings. The Bertz CT molecular complexity index is 1310. The Balaban J connectivity index is 1.76. The molecule has 6 atom stereocenters. The molecule has 274 valence electrons. The van der Waals surface area contributed by atoms with Crippen LogP contribution in [0.4, 0.5) is 0 Å². The first-order valence-electron chi connectivity index (χ1n) is 18.0. The van der Waals surface area contributed by atoms with E-state index in [0.717, 1.165) is 25.8 Å². The van der Waals surface area contributed by atoms with Crippen molar-refractivity contribution in [2.75, 3.05) is 26.7 Å². The maximum Gasteiger partial charge on any atom is 0.249 e. The zero-order valence-electron chi connectivity index (χ0n) is 31.1. The van der Waals surface area contributed by atoms with Gasteiger partial charge >= 0.3 is 0 Å². The molecule has 1 aromatic rings. The van der Waals surface area contributed by atoms with Crippen LogP contribution in [0.15, 0.2) is 42.0 Å². The third-order valence-corrected chi connectivity index (χ3v) is 10.0. The van der Waals surface area contributed by atoms with Crippen LogP contribution in [-0.4, -0.2) is 112 Å². The Labute approximate surface area is 293 Å². The molecule has 3 rings (SSSR count). The van der Waals surface area contributed by atoms with Crippen molar-refractivity contribution in [3.8, 4) is 0 Å². The Hall–Kier alpha value is -3.28. The molecule has 49 heavy (non-hydrogen) atoms. The molecule has 0 saturated carbocycles. The van der Waals surface area contributed by atoms with Crippen molar-refractivity contribution in [3.63, 3.8) is 0 Å². The average Bonchev–Trinajstić information content (AvgIpc) is 3.57. The van der Waals surface area contributed by atoms with Gasteiger partial charge in [-0.05, 0) is 69.9 Å². The molecule has 0 spiro atoms. The van der Waals surface area contributed by atoms with Crippen LogP contribution in [0.1, 0.15) is 99.2 Å². The fourth-order valence-electron chi connectivity index (χ4n) is 7.06. The molecule has 0 radical (unpaired) electrons. The summed E-state index contributed by atoms with van der Waals surface area (Å²) >= 11 is 0. The number of aliphatic hydroxyl groups is 2. The molecular formula is C38H61N5O6. The highest BCUT2D eigenvalue weighted by Gasteiger charge is 2.41. The van der Waals surface area contributed by atoms with Crippen LogP contribution in [-0.2, 0) is 19.2 Å². The van der Waals surface area contributed by atoms with E-state index in [1.54, 1.807) is 49.2 Å². The topological polar surface area (TPSA) is 143 Å². The summed E-state index contributed by atoms with van der Waals surface area (Å²) in [6.07, 6.45) is 4.55. The molecule has 4 N–H and O–H groups in total. The fourth-order valence-corrected chi connectivity index (χ4v) is 7.06. The molecule has 11 heteroatoms. The molecule has 1 aromatic carbocycles. The Morgan fingerprint density at radius 1 is 0.939 bits per heavy atom. The van der Waals surface area contributed by atoms with E-state index in [4.69, 9.17) is 0 Å². The summed E-state index contributed by atoms with van der Waals surface area (Å²) in [5.74, 6) is -1.15. The van der Waals surface area contributed by atoms with Crippen LogP contribution in [0.5, 0.6) is 0 Å². The van der Waals surface area contributed by atoms with E-state index in [1.807, 2.05) is 40.7 Å².